The molecule has 19 heavy (non-hydrogen) atoms. The number of rotatable bonds is 2. The molecule has 0 aliphatic carbocycles. The molecule has 2 rings (SSSR count). The first-order valence-electron chi connectivity index (χ1n) is 5.33. The van der Waals surface area contributed by atoms with Gasteiger partial charge < -0.3 is 4.90 Å². The first-order chi connectivity index (χ1) is 8.99. The average Bonchev–Trinajstić information content (AvgIpc) is 2.40. The number of aromatic nitrogens is 1. The Morgan fingerprint density at radius 2 is 2.05 bits per heavy atom. The van der Waals surface area contributed by atoms with Crippen LogP contribution in [0.2, 0.25) is 10.2 Å². The number of pyridine rings is 1. The van der Waals surface area contributed by atoms with E-state index in [1.807, 2.05) is 0 Å². The summed E-state index contributed by atoms with van der Waals surface area (Å²) in [6.07, 6.45) is 1.33. The van der Waals surface area contributed by atoms with E-state index in [9.17, 15) is 9.18 Å². The number of carbonyl (C=O) groups excluding carboxylic acids is 1. The Morgan fingerprint density at radius 1 is 1.32 bits per heavy atom. The van der Waals surface area contributed by atoms with Crippen molar-refractivity contribution in [2.24, 2.45) is 0 Å². The van der Waals surface area contributed by atoms with Crippen LogP contribution in [0, 0.1) is 5.82 Å². The van der Waals surface area contributed by atoms with Gasteiger partial charge in [-0.1, -0.05) is 29.3 Å². The maximum atomic E-state index is 13.1. The maximum Gasteiger partial charge on any atom is 0.259 e. The highest BCUT2D eigenvalue weighted by atomic mass is 35.5. The zero-order chi connectivity index (χ0) is 14.0. The van der Waals surface area contributed by atoms with E-state index in [2.05, 4.69) is 4.98 Å². The molecule has 0 saturated heterocycles. The van der Waals surface area contributed by atoms with Gasteiger partial charge in [-0.15, -0.1) is 0 Å². The van der Waals surface area contributed by atoms with Crippen molar-refractivity contribution >= 4 is 34.8 Å². The van der Waals surface area contributed by atoms with Gasteiger partial charge in [0.1, 0.15) is 11.0 Å². The standard InChI is InChI=1S/C13H9Cl2FN2O/c1-18(10-4-2-3-9(16)6-10)13(19)8-5-11(14)12(15)17-7-8/h2-7H,1H3. The number of nitrogens with zero attached hydrogens (tertiary/aromatic N) is 2. The summed E-state index contributed by atoms with van der Waals surface area (Å²) in [6.45, 7) is 0. The molecule has 0 unspecified atom stereocenters. The van der Waals surface area contributed by atoms with E-state index in [0.717, 1.165) is 0 Å². The van der Waals surface area contributed by atoms with E-state index in [-0.39, 0.29) is 21.6 Å². The van der Waals surface area contributed by atoms with Gasteiger partial charge in [0, 0.05) is 18.9 Å². The molecule has 1 amide bonds. The number of carbonyl (C=O) groups is 1. The lowest BCUT2D eigenvalue weighted by molar-refractivity contribution is 0.0992. The Morgan fingerprint density at radius 3 is 2.68 bits per heavy atom. The van der Waals surface area contributed by atoms with Crippen LogP contribution in [0.5, 0.6) is 0 Å². The van der Waals surface area contributed by atoms with Gasteiger partial charge in [-0.05, 0) is 24.3 Å². The molecule has 0 aliphatic rings. The Kier molecular flexibility index (Phi) is 4.02. The summed E-state index contributed by atoms with van der Waals surface area (Å²) < 4.78 is 13.1. The second kappa shape index (κ2) is 5.55. The largest absolute Gasteiger partial charge is 0.311 e. The van der Waals surface area contributed by atoms with E-state index >= 15 is 0 Å². The molecule has 0 atom stereocenters. The SMILES string of the molecule is CN(C(=O)c1cnc(Cl)c(Cl)c1)c1cccc(F)c1. The number of hydrogen-bond donors (Lipinski definition) is 0. The molecule has 1 aromatic carbocycles. The summed E-state index contributed by atoms with van der Waals surface area (Å²) in [5, 5.41) is 0.326. The molecular weight excluding hydrogens is 290 g/mol. The van der Waals surface area contributed by atoms with Crippen LogP contribution in [0.1, 0.15) is 10.4 Å². The third-order valence-corrected chi connectivity index (χ3v) is 3.23. The summed E-state index contributed by atoms with van der Waals surface area (Å²) in [7, 11) is 1.54. The normalized spacial score (nSPS) is 10.3. The van der Waals surface area contributed by atoms with Gasteiger partial charge in [0.05, 0.1) is 10.6 Å². The Hall–Kier alpha value is -1.65. The third-order valence-electron chi connectivity index (χ3n) is 2.54. The second-order valence-corrected chi connectivity index (χ2v) is 4.61. The zero-order valence-electron chi connectivity index (χ0n) is 9.90. The summed E-state index contributed by atoms with van der Waals surface area (Å²) in [5.74, 6) is -0.763. The second-order valence-electron chi connectivity index (χ2n) is 3.84. The lowest BCUT2D eigenvalue weighted by Gasteiger charge is -2.17. The molecule has 0 spiro atoms. The minimum absolute atomic E-state index is 0.131. The van der Waals surface area contributed by atoms with E-state index in [0.29, 0.717) is 5.69 Å². The molecule has 1 heterocycles. The monoisotopic (exact) mass is 298 g/mol. The predicted molar refractivity (Wildman–Crippen MR) is 73.4 cm³/mol. The highest BCUT2D eigenvalue weighted by Gasteiger charge is 2.15. The van der Waals surface area contributed by atoms with Crippen molar-refractivity contribution in [2.45, 2.75) is 0 Å². The molecule has 0 N–H and O–H groups in total. The molecule has 6 heteroatoms. The summed E-state index contributed by atoms with van der Waals surface area (Å²) in [4.78, 5) is 17.3. The predicted octanol–water partition coefficient (Wildman–Crippen LogP) is 3.80. The molecule has 0 radical (unpaired) electrons. The molecule has 98 valence electrons. The molecular formula is C13H9Cl2FN2O. The highest BCUT2D eigenvalue weighted by molar-refractivity contribution is 6.41. The summed E-state index contributed by atoms with van der Waals surface area (Å²) in [6, 6.07) is 7.16. The average molecular weight is 299 g/mol. The molecule has 1 aromatic heterocycles. The van der Waals surface area contributed by atoms with E-state index in [4.69, 9.17) is 23.2 Å². The smallest absolute Gasteiger partial charge is 0.259 e. The maximum absolute atomic E-state index is 13.1. The molecule has 0 aliphatic heterocycles. The van der Waals surface area contributed by atoms with Crippen LogP contribution in [0.3, 0.4) is 0 Å². The van der Waals surface area contributed by atoms with Crippen LogP contribution in [0.4, 0.5) is 10.1 Å². The third kappa shape index (κ3) is 3.03. The first-order valence-corrected chi connectivity index (χ1v) is 6.09. The summed E-state index contributed by atoms with van der Waals surface area (Å²) in [5.41, 5.74) is 0.720. The zero-order valence-corrected chi connectivity index (χ0v) is 11.4. The van der Waals surface area contributed by atoms with Gasteiger partial charge in [0.15, 0.2) is 0 Å². The van der Waals surface area contributed by atoms with Crippen molar-refractivity contribution in [3.05, 3.63) is 58.1 Å². The number of amides is 1. The molecule has 0 bridgehead atoms. The Labute approximate surface area is 119 Å². The minimum atomic E-state index is -0.413. The minimum Gasteiger partial charge on any atom is -0.311 e. The summed E-state index contributed by atoms with van der Waals surface area (Å²) >= 11 is 11.5. The molecule has 0 fully saturated rings. The van der Waals surface area contributed by atoms with Crippen LogP contribution in [-0.2, 0) is 0 Å². The van der Waals surface area contributed by atoms with Crippen molar-refractivity contribution < 1.29 is 9.18 Å². The number of hydrogen-bond acceptors (Lipinski definition) is 2. The fourth-order valence-corrected chi connectivity index (χ4v) is 1.80. The van der Waals surface area contributed by atoms with Crippen molar-refractivity contribution in [3.8, 4) is 0 Å². The van der Waals surface area contributed by atoms with Crippen LogP contribution in [-0.4, -0.2) is 17.9 Å². The number of benzene rings is 1. The van der Waals surface area contributed by atoms with Crippen molar-refractivity contribution in [3.63, 3.8) is 0 Å². The van der Waals surface area contributed by atoms with Crippen LogP contribution < -0.4 is 4.90 Å². The van der Waals surface area contributed by atoms with Gasteiger partial charge in [0.2, 0.25) is 0 Å². The van der Waals surface area contributed by atoms with Crippen molar-refractivity contribution in [2.75, 3.05) is 11.9 Å². The number of halogens is 3. The van der Waals surface area contributed by atoms with Gasteiger partial charge in [-0.25, -0.2) is 9.37 Å². The Bertz CT molecular complexity index is 634. The van der Waals surface area contributed by atoms with Crippen LogP contribution in [0.25, 0.3) is 0 Å². The van der Waals surface area contributed by atoms with Crippen molar-refractivity contribution in [1.29, 1.82) is 0 Å². The topological polar surface area (TPSA) is 33.2 Å². The van der Waals surface area contributed by atoms with Crippen LogP contribution in [0.15, 0.2) is 36.5 Å². The fraction of sp³-hybridized carbons (Fsp3) is 0.0769. The van der Waals surface area contributed by atoms with Gasteiger partial charge in [-0.2, -0.15) is 0 Å². The molecule has 3 nitrogen and oxygen atoms in total. The van der Waals surface area contributed by atoms with E-state index in [1.165, 1.54) is 35.4 Å². The molecule has 2 aromatic rings. The highest BCUT2D eigenvalue weighted by Crippen LogP contribution is 2.22. The first kappa shape index (κ1) is 13.8. The Balaban J connectivity index is 2.30. The number of anilines is 1. The fourth-order valence-electron chi connectivity index (χ4n) is 1.53. The van der Waals surface area contributed by atoms with Gasteiger partial charge in [-0.3, -0.25) is 4.79 Å². The van der Waals surface area contributed by atoms with Gasteiger partial charge >= 0.3 is 0 Å². The van der Waals surface area contributed by atoms with Gasteiger partial charge in [0.25, 0.3) is 5.91 Å². The lowest BCUT2D eigenvalue weighted by atomic mass is 10.2. The lowest BCUT2D eigenvalue weighted by Crippen LogP contribution is -2.26. The quantitative estimate of drug-likeness (QED) is 0.790. The van der Waals surface area contributed by atoms with Crippen molar-refractivity contribution in [1.82, 2.24) is 4.98 Å². The van der Waals surface area contributed by atoms with E-state index in [1.54, 1.807) is 13.1 Å². The molecule has 0 saturated carbocycles. The van der Waals surface area contributed by atoms with E-state index < -0.39 is 5.82 Å². The van der Waals surface area contributed by atoms with Crippen LogP contribution >= 0.6 is 23.2 Å².